The number of hydrogen-bond acceptors (Lipinski definition) is 0. The molecule has 0 nitrogen and oxygen atoms in total. The summed E-state index contributed by atoms with van der Waals surface area (Å²) in [7, 11) is 0. The normalized spacial score (nSPS) is 21.0. The van der Waals surface area contributed by atoms with Gasteiger partial charge in [0.2, 0.25) is 0 Å². The summed E-state index contributed by atoms with van der Waals surface area (Å²) >= 11 is 0. The van der Waals surface area contributed by atoms with Crippen LogP contribution >= 0.6 is 0 Å². The fourth-order valence-electron chi connectivity index (χ4n) is 24.0. The third-order valence-electron chi connectivity index (χ3n) is 24.0. The fraction of sp³-hybridized carbons (Fsp3) is 0.0781. The van der Waals surface area contributed by atoms with Crippen LogP contribution in [0.15, 0.2) is 0 Å². The Kier molecular flexibility index (Phi) is 1.81. The lowest BCUT2D eigenvalue weighted by molar-refractivity contribution is 0.262. The Morgan fingerprint density at radius 3 is 0.578 bits per heavy atom. The lowest BCUT2D eigenvalue weighted by atomic mass is 9.49. The van der Waals surface area contributed by atoms with Crippen LogP contribution in [0, 0.1) is 11.3 Å². The second-order valence-electron chi connectivity index (χ2n) is 25.1. The lowest BCUT2D eigenvalue weighted by Crippen LogP contribution is -2.47. The monoisotopic (exact) mass is 777 g/mol. The standard InChI is InChI=1S/C64H9/c1-63(2,3)64-60-56-50-36-28-20-8-5-4-6-9(8)21-23-19-13(6)15-11-7(4)10-14-12(5)18-22(20)34(36)42-40-26(18)24(14)32-30-16(10)17(11)31-33-25(15)27(19)41-43-35(23)37(29(21)28)51(50)57(60)53(43)55-47(41)45(33)49-39(31)38(30)48-44(32)46(40)54(52(42)56)61(64)58(48)59(49)62(55)64/h1-3H3. The number of benzene rings is 17. The molecular formula is C64H9. The van der Waals surface area contributed by atoms with Gasteiger partial charge in [0.05, 0.1) is 5.92 Å². The van der Waals surface area contributed by atoms with Crippen molar-refractivity contribution in [2.24, 2.45) is 5.41 Å². The highest BCUT2D eigenvalue weighted by atomic mass is 14.7. The van der Waals surface area contributed by atoms with Gasteiger partial charge in [0.15, 0.2) is 0 Å². The van der Waals surface area contributed by atoms with Crippen LogP contribution in [-0.4, -0.2) is 0 Å². The quantitative estimate of drug-likeness (QED) is 0.135. The van der Waals surface area contributed by atoms with Gasteiger partial charge in [0.1, 0.15) is 0 Å². The highest BCUT2D eigenvalue weighted by Crippen LogP contribution is 2.84. The average Bonchev–Trinajstić information content (AvgIpc) is 4.12. The third kappa shape index (κ3) is 1.15. The van der Waals surface area contributed by atoms with Gasteiger partial charge < -0.3 is 0 Å². The maximum absolute atomic E-state index is 2.69. The molecule has 0 heteroatoms. The Balaban J connectivity index is 1.30. The average molecular weight is 778 g/mol. The first-order chi connectivity index (χ1) is 31.6. The molecule has 0 fully saturated rings. The molecule has 28 aromatic rings. The summed E-state index contributed by atoms with van der Waals surface area (Å²) in [6.45, 7) is 8.06. The molecule has 1 atom stereocenters. The van der Waals surface area contributed by atoms with E-state index in [0.29, 0.717) is 0 Å². The molecular weight excluding hydrogens is 769 g/mol. The van der Waals surface area contributed by atoms with Crippen LogP contribution in [0.2, 0.25) is 0 Å². The van der Waals surface area contributed by atoms with Gasteiger partial charge in [-0.2, -0.15) is 0 Å². The molecule has 64 heavy (non-hydrogen) atoms. The van der Waals surface area contributed by atoms with Gasteiger partial charge in [-0.25, -0.2) is 0 Å². The van der Waals surface area contributed by atoms with E-state index >= 15 is 0 Å². The van der Waals surface area contributed by atoms with Crippen LogP contribution in [0.4, 0.5) is 0 Å². The van der Waals surface area contributed by atoms with Crippen molar-refractivity contribution in [1.82, 2.24) is 0 Å². The Bertz CT molecular complexity index is 7040. The van der Waals surface area contributed by atoms with Crippen LogP contribution in [0.25, 0.3) is 291 Å². The largest absolute Gasteiger partial charge is 0.0589 e. The van der Waals surface area contributed by atoms with Crippen molar-refractivity contribution in [3.63, 3.8) is 0 Å². The van der Waals surface area contributed by atoms with Gasteiger partial charge in [-0.3, -0.25) is 0 Å². The van der Waals surface area contributed by atoms with Crippen molar-refractivity contribution in [3.05, 3.63) is 28.2 Å². The first-order valence-electron chi connectivity index (χ1n) is 24.2. The van der Waals surface area contributed by atoms with Crippen LogP contribution in [0.1, 0.15) is 43.0 Å². The second-order valence-corrected chi connectivity index (χ2v) is 25.1. The Morgan fingerprint density at radius 2 is 0.312 bits per heavy atom. The van der Waals surface area contributed by atoms with Gasteiger partial charge in [0, 0.05) is 5.41 Å². The van der Waals surface area contributed by atoms with Crippen LogP contribution in [0.5, 0.6) is 0 Å². The van der Waals surface area contributed by atoms with Gasteiger partial charge >= 0.3 is 0 Å². The van der Waals surface area contributed by atoms with Gasteiger partial charge in [0.25, 0.3) is 0 Å². The van der Waals surface area contributed by atoms with E-state index in [4.69, 9.17) is 0 Å². The lowest BCUT2D eigenvalue weighted by Gasteiger charge is -2.51. The SMILES string of the molecule is CC(C)(C)C12[C]3c4c5c1c1c6c7c2c2c8c3c3c9c4c4c%10c5c5c1c1c6c6c%11c7c2c2c7c8c3c3c8c9c4c4c9c%10c5c5c1c1c6c6c%11c2c2c7c3c3c8c4c4c9c5c1c1c6c2c3c41. The van der Waals surface area contributed by atoms with Crippen molar-refractivity contribution in [1.29, 1.82) is 0 Å². The minimum absolute atomic E-state index is 0.0639. The van der Waals surface area contributed by atoms with E-state index in [-0.39, 0.29) is 10.8 Å². The van der Waals surface area contributed by atoms with E-state index in [2.05, 4.69) is 20.8 Å². The van der Waals surface area contributed by atoms with Crippen LogP contribution < -0.4 is 0 Å². The second kappa shape index (κ2) is 5.00. The van der Waals surface area contributed by atoms with Crippen molar-refractivity contribution in [2.75, 3.05) is 0 Å². The highest BCUT2D eigenvalue weighted by molar-refractivity contribution is 6.82. The van der Waals surface area contributed by atoms with E-state index in [0.717, 1.165) is 0 Å². The van der Waals surface area contributed by atoms with Crippen LogP contribution in [-0.2, 0) is 5.41 Å². The molecule has 0 heterocycles. The zero-order valence-corrected chi connectivity index (χ0v) is 33.5. The Hall–Kier alpha value is -7.54. The van der Waals surface area contributed by atoms with Crippen molar-refractivity contribution < 1.29 is 0 Å². The first kappa shape index (κ1) is 23.2. The first-order valence-corrected chi connectivity index (χ1v) is 24.2. The van der Waals surface area contributed by atoms with Crippen molar-refractivity contribution >= 4 is 291 Å². The zero-order chi connectivity index (χ0) is 38.1. The molecule has 0 bridgehead atoms. The topological polar surface area (TPSA) is 0 Å². The van der Waals surface area contributed by atoms with Gasteiger partial charge in [-0.15, -0.1) is 0 Å². The molecule has 28 aromatic carbocycles. The molecule has 1 radical (unpaired) electrons. The summed E-state index contributed by atoms with van der Waals surface area (Å²) in [6, 6.07) is 0. The van der Waals surface area contributed by atoms with Crippen LogP contribution in [0.3, 0.4) is 0 Å². The minimum atomic E-state index is -0.238. The molecule has 265 valence electrons. The predicted octanol–water partition coefficient (Wildman–Crippen LogP) is 18.0. The van der Waals surface area contributed by atoms with E-state index in [1.807, 2.05) is 0 Å². The molecule has 0 amide bonds. The molecule has 32 rings (SSSR count). The molecule has 4 aliphatic rings. The molecule has 0 spiro atoms. The van der Waals surface area contributed by atoms with Crippen molar-refractivity contribution in [2.45, 2.75) is 26.2 Å². The molecule has 1 unspecified atom stereocenters. The Labute approximate surface area is 348 Å². The van der Waals surface area contributed by atoms with Gasteiger partial charge in [-0.1, -0.05) is 20.8 Å². The van der Waals surface area contributed by atoms with Crippen molar-refractivity contribution in [3.8, 4) is 0 Å². The summed E-state index contributed by atoms with van der Waals surface area (Å²) in [6.07, 6.45) is 0. The number of hydrogen-bond donors (Lipinski definition) is 0. The molecule has 0 saturated carbocycles. The number of rotatable bonds is 0. The maximum Gasteiger partial charge on any atom is 0.0521 e. The molecule has 0 N–H and O–H groups in total. The third-order valence-corrected chi connectivity index (χ3v) is 24.0. The van der Waals surface area contributed by atoms with E-state index in [1.54, 1.807) is 319 Å². The van der Waals surface area contributed by atoms with E-state index < -0.39 is 0 Å². The molecule has 0 aromatic heterocycles. The highest BCUT2D eigenvalue weighted by Gasteiger charge is 2.66. The van der Waals surface area contributed by atoms with E-state index in [1.165, 1.54) is 0 Å². The summed E-state index contributed by atoms with van der Waals surface area (Å²) in [5.74, 6) is 1.75. The minimum Gasteiger partial charge on any atom is -0.0589 e. The summed E-state index contributed by atoms with van der Waals surface area (Å²) in [4.78, 5) is 0. The summed E-state index contributed by atoms with van der Waals surface area (Å²) < 4.78 is 0. The zero-order valence-electron chi connectivity index (χ0n) is 33.5. The molecule has 4 aliphatic carbocycles. The fourth-order valence-corrected chi connectivity index (χ4v) is 24.0. The van der Waals surface area contributed by atoms with E-state index in [9.17, 15) is 0 Å². The smallest absolute Gasteiger partial charge is 0.0521 e. The maximum atomic E-state index is 2.69. The summed E-state index contributed by atoms with van der Waals surface area (Å²) in [5.41, 5.74) is 6.61. The van der Waals surface area contributed by atoms with Gasteiger partial charge in [-0.05, 0) is 319 Å². The molecule has 0 aliphatic heterocycles. The molecule has 0 saturated heterocycles. The predicted molar refractivity (Wildman–Crippen MR) is 274 cm³/mol. The Morgan fingerprint density at radius 1 is 0.172 bits per heavy atom. The summed E-state index contributed by atoms with van der Waals surface area (Å²) in [5, 5.41) is 90.4.